The lowest BCUT2D eigenvalue weighted by molar-refractivity contribution is 0.382. The van der Waals surface area contributed by atoms with Gasteiger partial charge in [0, 0.05) is 18.9 Å². The molecule has 18 heavy (non-hydrogen) atoms. The second-order valence-corrected chi connectivity index (χ2v) is 5.04. The van der Waals surface area contributed by atoms with Gasteiger partial charge in [-0.2, -0.15) is 5.26 Å². The molecule has 0 spiro atoms. The van der Waals surface area contributed by atoms with Crippen molar-refractivity contribution in [2.45, 2.75) is 33.9 Å². The van der Waals surface area contributed by atoms with Gasteiger partial charge in [-0.25, -0.2) is 0 Å². The average molecular weight is 241 g/mol. The molecule has 1 aromatic rings. The summed E-state index contributed by atoms with van der Waals surface area (Å²) in [6.45, 7) is 8.43. The fourth-order valence-corrected chi connectivity index (χ4v) is 2.69. The lowest BCUT2D eigenvalue weighted by Crippen LogP contribution is -2.36. The van der Waals surface area contributed by atoms with E-state index in [1.54, 1.807) is 0 Å². The lowest BCUT2D eigenvalue weighted by Gasteiger charge is -2.30. The highest BCUT2D eigenvalue weighted by Gasteiger charge is 2.29. The van der Waals surface area contributed by atoms with E-state index in [4.69, 9.17) is 0 Å². The van der Waals surface area contributed by atoms with Crippen molar-refractivity contribution in [2.24, 2.45) is 0 Å². The molecular weight excluding hydrogens is 222 g/mol. The van der Waals surface area contributed by atoms with Gasteiger partial charge in [0.1, 0.15) is 17.9 Å². The summed E-state index contributed by atoms with van der Waals surface area (Å²) in [6, 6.07) is 6.63. The number of anilines is 1. The van der Waals surface area contributed by atoms with E-state index in [1.165, 1.54) is 16.7 Å². The first kappa shape index (κ1) is 12.5. The Labute approximate surface area is 109 Å². The third-order valence-corrected chi connectivity index (χ3v) is 3.54. The van der Waals surface area contributed by atoms with Gasteiger partial charge in [-0.3, -0.25) is 0 Å². The maximum absolute atomic E-state index is 9.28. The number of nitriles is 1. The van der Waals surface area contributed by atoms with Crippen LogP contribution >= 0.6 is 0 Å². The molecule has 2 rings (SSSR count). The lowest BCUT2D eigenvalue weighted by atomic mass is 10.0. The third-order valence-electron chi connectivity index (χ3n) is 3.54. The summed E-state index contributed by atoms with van der Waals surface area (Å²) in [5.74, 6) is 0. The SMILES string of the molecule is Cc1cc(C)c(N2C(C#N)=CN(C)[C@@H]2C)c(C)c1. The zero-order chi connectivity index (χ0) is 13.4. The molecule has 0 unspecified atom stereocenters. The van der Waals surface area contributed by atoms with Crippen molar-refractivity contribution < 1.29 is 0 Å². The molecule has 1 atom stereocenters. The van der Waals surface area contributed by atoms with Gasteiger partial charge in [-0.15, -0.1) is 0 Å². The first-order valence-electron chi connectivity index (χ1n) is 6.16. The highest BCUT2D eigenvalue weighted by atomic mass is 15.4. The molecule has 0 saturated heterocycles. The maximum atomic E-state index is 9.28. The van der Waals surface area contributed by atoms with E-state index in [0.717, 1.165) is 5.69 Å². The third kappa shape index (κ3) is 1.84. The van der Waals surface area contributed by atoms with Crippen LogP contribution in [0.15, 0.2) is 24.0 Å². The van der Waals surface area contributed by atoms with E-state index in [2.05, 4.69) is 55.7 Å². The van der Waals surface area contributed by atoms with Gasteiger partial charge in [0.15, 0.2) is 0 Å². The number of aryl methyl sites for hydroxylation is 3. The van der Waals surface area contributed by atoms with Crippen LogP contribution in [0.3, 0.4) is 0 Å². The standard InChI is InChI=1S/C15H19N3/c1-10-6-11(2)15(12(3)7-10)18-13(4)17(5)9-14(18)8-16/h6-7,9,13H,1-5H3/t13-/m0/s1. The summed E-state index contributed by atoms with van der Waals surface area (Å²) in [5, 5.41) is 9.28. The molecule has 0 saturated carbocycles. The molecule has 0 aliphatic carbocycles. The number of rotatable bonds is 1. The van der Waals surface area contributed by atoms with Gasteiger partial charge >= 0.3 is 0 Å². The van der Waals surface area contributed by atoms with E-state index in [1.807, 2.05) is 13.2 Å². The summed E-state index contributed by atoms with van der Waals surface area (Å²) in [5.41, 5.74) is 5.56. The fraction of sp³-hybridized carbons (Fsp3) is 0.400. The Balaban J connectivity index is 2.56. The Morgan fingerprint density at radius 3 is 2.22 bits per heavy atom. The molecule has 0 bridgehead atoms. The van der Waals surface area contributed by atoms with Crippen molar-refractivity contribution >= 4 is 5.69 Å². The Hall–Kier alpha value is -1.95. The molecule has 0 amide bonds. The summed E-state index contributed by atoms with van der Waals surface area (Å²) < 4.78 is 0. The van der Waals surface area contributed by atoms with Crippen LogP contribution in [-0.4, -0.2) is 18.1 Å². The summed E-state index contributed by atoms with van der Waals surface area (Å²) in [7, 11) is 2.00. The largest absolute Gasteiger partial charge is 0.358 e. The Morgan fingerprint density at radius 2 is 1.72 bits per heavy atom. The quantitative estimate of drug-likeness (QED) is 0.757. The number of nitrogens with zero attached hydrogens (tertiary/aromatic N) is 3. The van der Waals surface area contributed by atoms with Gasteiger partial charge in [0.05, 0.1) is 0 Å². The van der Waals surface area contributed by atoms with Crippen LogP contribution in [0.5, 0.6) is 0 Å². The van der Waals surface area contributed by atoms with Crippen molar-refractivity contribution in [3.63, 3.8) is 0 Å². The molecule has 0 radical (unpaired) electrons. The second-order valence-electron chi connectivity index (χ2n) is 5.04. The van der Waals surface area contributed by atoms with Gasteiger partial charge < -0.3 is 9.80 Å². The van der Waals surface area contributed by atoms with Crippen molar-refractivity contribution in [3.8, 4) is 6.07 Å². The molecule has 0 fully saturated rings. The fourth-order valence-electron chi connectivity index (χ4n) is 2.69. The van der Waals surface area contributed by atoms with E-state index >= 15 is 0 Å². The van der Waals surface area contributed by atoms with Crippen LogP contribution in [0, 0.1) is 32.1 Å². The predicted molar refractivity (Wildman–Crippen MR) is 74.1 cm³/mol. The van der Waals surface area contributed by atoms with Crippen LogP contribution in [-0.2, 0) is 0 Å². The van der Waals surface area contributed by atoms with Crippen molar-refractivity contribution in [3.05, 3.63) is 40.7 Å². The topological polar surface area (TPSA) is 30.3 Å². The van der Waals surface area contributed by atoms with Gasteiger partial charge in [0.25, 0.3) is 0 Å². The highest BCUT2D eigenvalue weighted by molar-refractivity contribution is 5.67. The Morgan fingerprint density at radius 1 is 1.17 bits per heavy atom. The molecule has 3 nitrogen and oxygen atoms in total. The van der Waals surface area contributed by atoms with Crippen molar-refractivity contribution in [1.29, 1.82) is 5.26 Å². The van der Waals surface area contributed by atoms with Crippen LogP contribution in [0.4, 0.5) is 5.69 Å². The second kappa shape index (κ2) is 4.38. The Kier molecular flexibility index (Phi) is 3.04. The molecule has 1 aliphatic heterocycles. The first-order valence-corrected chi connectivity index (χ1v) is 6.16. The number of hydrogen-bond donors (Lipinski definition) is 0. The van der Waals surface area contributed by atoms with Gasteiger partial charge in [-0.1, -0.05) is 17.7 Å². The van der Waals surface area contributed by atoms with Crippen LogP contribution < -0.4 is 4.90 Å². The smallest absolute Gasteiger partial charge is 0.138 e. The maximum Gasteiger partial charge on any atom is 0.138 e. The minimum atomic E-state index is 0.180. The minimum absolute atomic E-state index is 0.180. The highest BCUT2D eigenvalue weighted by Crippen LogP contribution is 2.34. The van der Waals surface area contributed by atoms with Crippen molar-refractivity contribution in [1.82, 2.24) is 4.90 Å². The van der Waals surface area contributed by atoms with E-state index in [0.29, 0.717) is 5.70 Å². The van der Waals surface area contributed by atoms with E-state index < -0.39 is 0 Å². The molecule has 1 aromatic carbocycles. The van der Waals surface area contributed by atoms with Gasteiger partial charge in [0.2, 0.25) is 0 Å². The molecule has 94 valence electrons. The minimum Gasteiger partial charge on any atom is -0.358 e. The van der Waals surface area contributed by atoms with Gasteiger partial charge in [-0.05, 0) is 38.8 Å². The predicted octanol–water partition coefficient (Wildman–Crippen LogP) is 3.07. The monoisotopic (exact) mass is 241 g/mol. The number of benzene rings is 1. The Bertz CT molecular complexity index is 528. The normalized spacial score (nSPS) is 18.9. The molecular formula is C15H19N3. The molecule has 0 aromatic heterocycles. The summed E-state index contributed by atoms with van der Waals surface area (Å²) in [6.07, 6.45) is 2.09. The molecule has 3 heteroatoms. The van der Waals surface area contributed by atoms with E-state index in [9.17, 15) is 5.26 Å². The molecule has 1 aliphatic rings. The van der Waals surface area contributed by atoms with E-state index in [-0.39, 0.29) is 6.17 Å². The average Bonchev–Trinajstić information content (AvgIpc) is 2.55. The zero-order valence-electron chi connectivity index (χ0n) is 11.7. The van der Waals surface area contributed by atoms with Crippen LogP contribution in [0.25, 0.3) is 0 Å². The number of hydrogen-bond acceptors (Lipinski definition) is 3. The number of allylic oxidation sites excluding steroid dienone is 1. The molecule has 0 N–H and O–H groups in total. The summed E-state index contributed by atoms with van der Waals surface area (Å²) >= 11 is 0. The summed E-state index contributed by atoms with van der Waals surface area (Å²) in [4.78, 5) is 4.18. The van der Waals surface area contributed by atoms with Crippen LogP contribution in [0.2, 0.25) is 0 Å². The van der Waals surface area contributed by atoms with Crippen molar-refractivity contribution in [2.75, 3.05) is 11.9 Å². The first-order chi connectivity index (χ1) is 8.45. The zero-order valence-corrected chi connectivity index (χ0v) is 11.7. The molecule has 1 heterocycles. The van der Waals surface area contributed by atoms with Crippen LogP contribution in [0.1, 0.15) is 23.6 Å².